The van der Waals surface area contributed by atoms with Crippen LogP contribution < -0.4 is 0 Å². The third-order valence-electron chi connectivity index (χ3n) is 4.75. The lowest BCUT2D eigenvalue weighted by Crippen LogP contribution is -2.15. The molecule has 4 rings (SSSR count). The van der Waals surface area contributed by atoms with Crippen LogP contribution in [0.1, 0.15) is 35.2 Å². The van der Waals surface area contributed by atoms with Crippen LogP contribution in [0.4, 0.5) is 0 Å². The van der Waals surface area contributed by atoms with Crippen molar-refractivity contribution in [2.24, 2.45) is 0 Å². The minimum absolute atomic E-state index is 0.417. The number of nitrogens with zero attached hydrogens (tertiary/aromatic N) is 5. The Kier molecular flexibility index (Phi) is 3.69. The van der Waals surface area contributed by atoms with Gasteiger partial charge in [-0.1, -0.05) is 24.3 Å². The van der Waals surface area contributed by atoms with Crippen molar-refractivity contribution >= 4 is 0 Å². The lowest BCUT2D eigenvalue weighted by atomic mass is 10.1. The van der Waals surface area contributed by atoms with Crippen LogP contribution in [0.5, 0.6) is 0 Å². The summed E-state index contributed by atoms with van der Waals surface area (Å²) in [5, 5.41) is 4.50. The van der Waals surface area contributed by atoms with Crippen LogP contribution in [0, 0.1) is 6.92 Å². The predicted molar refractivity (Wildman–Crippen MR) is 88.2 cm³/mol. The van der Waals surface area contributed by atoms with Crippen LogP contribution in [0.15, 0.2) is 43.0 Å². The van der Waals surface area contributed by atoms with Gasteiger partial charge in [-0.05, 0) is 37.3 Å². The number of fused-ring (bicyclic) bond motifs is 1. The normalized spacial score (nSPS) is 14.3. The Balaban J connectivity index is 1.42. The molecule has 0 atom stereocenters. The van der Waals surface area contributed by atoms with Crippen molar-refractivity contribution < 1.29 is 0 Å². The topological polar surface area (TPSA) is 48.5 Å². The summed E-state index contributed by atoms with van der Waals surface area (Å²) in [5.74, 6) is 2.17. The Morgan fingerprint density at radius 3 is 2.61 bits per heavy atom. The second-order valence-corrected chi connectivity index (χ2v) is 6.22. The Labute approximate surface area is 136 Å². The zero-order valence-electron chi connectivity index (χ0n) is 13.4. The summed E-state index contributed by atoms with van der Waals surface area (Å²) in [5.41, 5.74) is 2.90. The van der Waals surface area contributed by atoms with E-state index in [1.165, 1.54) is 11.1 Å². The van der Waals surface area contributed by atoms with Gasteiger partial charge in [-0.25, -0.2) is 14.6 Å². The average molecular weight is 307 g/mol. The molecule has 0 saturated heterocycles. The van der Waals surface area contributed by atoms with E-state index in [0.717, 1.165) is 43.9 Å². The van der Waals surface area contributed by atoms with Crippen molar-refractivity contribution in [3.63, 3.8) is 0 Å². The fourth-order valence-corrected chi connectivity index (χ4v) is 3.51. The van der Waals surface area contributed by atoms with Crippen LogP contribution in [-0.4, -0.2) is 24.3 Å². The van der Waals surface area contributed by atoms with Gasteiger partial charge in [0.2, 0.25) is 0 Å². The van der Waals surface area contributed by atoms with E-state index >= 15 is 0 Å². The first-order chi connectivity index (χ1) is 11.3. The highest BCUT2D eigenvalue weighted by Gasteiger charge is 2.24. The van der Waals surface area contributed by atoms with E-state index in [-0.39, 0.29) is 0 Å². The third kappa shape index (κ3) is 2.79. The first-order valence-corrected chi connectivity index (χ1v) is 8.24. The number of benzene rings is 1. The molecule has 0 amide bonds. The Morgan fingerprint density at radius 2 is 1.91 bits per heavy atom. The Bertz CT molecular complexity index is 776. The SMILES string of the molecule is Cc1nccn1CCCc1ncnn1C1Cc2ccccc2C1. The molecule has 3 aromatic rings. The number of hydrogen-bond acceptors (Lipinski definition) is 3. The number of aryl methyl sites for hydroxylation is 3. The quantitative estimate of drug-likeness (QED) is 0.728. The van der Waals surface area contributed by atoms with Crippen molar-refractivity contribution in [1.82, 2.24) is 24.3 Å². The van der Waals surface area contributed by atoms with Crippen molar-refractivity contribution in [3.8, 4) is 0 Å². The van der Waals surface area contributed by atoms with Gasteiger partial charge in [0, 0.05) is 25.4 Å². The molecule has 1 aliphatic rings. The molecule has 118 valence electrons. The summed E-state index contributed by atoms with van der Waals surface area (Å²) in [6.07, 6.45) is 9.71. The molecular formula is C18H21N5. The molecule has 0 bridgehead atoms. The van der Waals surface area contributed by atoms with E-state index in [9.17, 15) is 0 Å². The summed E-state index contributed by atoms with van der Waals surface area (Å²) in [7, 11) is 0. The van der Waals surface area contributed by atoms with Gasteiger partial charge in [-0.15, -0.1) is 0 Å². The monoisotopic (exact) mass is 307 g/mol. The first kappa shape index (κ1) is 14.2. The van der Waals surface area contributed by atoms with Gasteiger partial charge < -0.3 is 4.57 Å². The third-order valence-corrected chi connectivity index (χ3v) is 4.75. The molecule has 2 aromatic heterocycles. The summed E-state index contributed by atoms with van der Waals surface area (Å²) in [6, 6.07) is 9.12. The lowest BCUT2D eigenvalue weighted by molar-refractivity contribution is 0.448. The van der Waals surface area contributed by atoms with Gasteiger partial charge in [0.05, 0.1) is 6.04 Å². The van der Waals surface area contributed by atoms with E-state index in [0.29, 0.717) is 6.04 Å². The number of hydrogen-bond donors (Lipinski definition) is 0. The molecule has 0 unspecified atom stereocenters. The standard InChI is InChI=1S/C18H21N5/c1-14-19-8-10-22(14)9-4-7-18-20-13-21-23(18)17-11-15-5-2-3-6-16(15)12-17/h2-3,5-6,8,10,13,17H,4,7,9,11-12H2,1H3. The van der Waals surface area contributed by atoms with E-state index in [1.807, 2.05) is 19.3 Å². The van der Waals surface area contributed by atoms with Crippen LogP contribution >= 0.6 is 0 Å². The molecule has 0 aliphatic heterocycles. The fourth-order valence-electron chi connectivity index (χ4n) is 3.51. The second-order valence-electron chi connectivity index (χ2n) is 6.22. The molecule has 0 fully saturated rings. The van der Waals surface area contributed by atoms with Crippen molar-refractivity contribution in [2.75, 3.05) is 0 Å². The smallest absolute Gasteiger partial charge is 0.138 e. The molecule has 2 heterocycles. The summed E-state index contributed by atoms with van der Waals surface area (Å²) >= 11 is 0. The molecule has 5 heteroatoms. The second kappa shape index (κ2) is 5.99. The van der Waals surface area contributed by atoms with E-state index in [4.69, 9.17) is 0 Å². The molecule has 0 radical (unpaired) electrons. The number of aromatic nitrogens is 5. The molecule has 23 heavy (non-hydrogen) atoms. The molecule has 5 nitrogen and oxygen atoms in total. The van der Waals surface area contributed by atoms with Gasteiger partial charge in [-0.2, -0.15) is 5.10 Å². The van der Waals surface area contributed by atoms with Gasteiger partial charge in [-0.3, -0.25) is 0 Å². The van der Waals surface area contributed by atoms with Crippen molar-refractivity contribution in [2.45, 2.75) is 45.2 Å². The summed E-state index contributed by atoms with van der Waals surface area (Å²) in [6.45, 7) is 3.02. The predicted octanol–water partition coefficient (Wildman–Crippen LogP) is 2.76. The maximum Gasteiger partial charge on any atom is 0.138 e. The highest BCUT2D eigenvalue weighted by atomic mass is 15.3. The van der Waals surface area contributed by atoms with Gasteiger partial charge >= 0.3 is 0 Å². The summed E-state index contributed by atoms with van der Waals surface area (Å²) < 4.78 is 4.33. The first-order valence-electron chi connectivity index (χ1n) is 8.24. The minimum atomic E-state index is 0.417. The number of imidazole rings is 1. The molecule has 0 saturated carbocycles. The molecule has 1 aliphatic carbocycles. The van der Waals surface area contributed by atoms with E-state index in [1.54, 1.807) is 6.33 Å². The van der Waals surface area contributed by atoms with E-state index in [2.05, 4.69) is 48.6 Å². The molecular weight excluding hydrogens is 286 g/mol. The highest BCUT2D eigenvalue weighted by Crippen LogP contribution is 2.30. The highest BCUT2D eigenvalue weighted by molar-refractivity contribution is 5.32. The van der Waals surface area contributed by atoms with Crippen LogP contribution in [-0.2, 0) is 25.8 Å². The van der Waals surface area contributed by atoms with Crippen molar-refractivity contribution in [3.05, 3.63) is 65.8 Å². The number of rotatable bonds is 5. The van der Waals surface area contributed by atoms with Crippen LogP contribution in [0.25, 0.3) is 0 Å². The Hall–Kier alpha value is -2.43. The zero-order valence-corrected chi connectivity index (χ0v) is 13.4. The van der Waals surface area contributed by atoms with Gasteiger partial charge in [0.1, 0.15) is 18.0 Å². The molecule has 1 aromatic carbocycles. The Morgan fingerprint density at radius 1 is 1.13 bits per heavy atom. The van der Waals surface area contributed by atoms with Gasteiger partial charge in [0.25, 0.3) is 0 Å². The maximum absolute atomic E-state index is 4.50. The molecule has 0 spiro atoms. The van der Waals surface area contributed by atoms with Crippen molar-refractivity contribution in [1.29, 1.82) is 0 Å². The zero-order chi connectivity index (χ0) is 15.6. The van der Waals surface area contributed by atoms with E-state index < -0.39 is 0 Å². The largest absolute Gasteiger partial charge is 0.335 e. The molecule has 0 N–H and O–H groups in total. The van der Waals surface area contributed by atoms with Crippen LogP contribution in [0.2, 0.25) is 0 Å². The average Bonchev–Trinajstić information content (AvgIpc) is 3.26. The maximum atomic E-state index is 4.50. The lowest BCUT2D eigenvalue weighted by Gasteiger charge is -2.13. The van der Waals surface area contributed by atoms with Crippen LogP contribution in [0.3, 0.4) is 0 Å². The van der Waals surface area contributed by atoms with Gasteiger partial charge in [0.15, 0.2) is 0 Å². The minimum Gasteiger partial charge on any atom is -0.335 e. The summed E-state index contributed by atoms with van der Waals surface area (Å²) in [4.78, 5) is 8.76. The fraction of sp³-hybridized carbons (Fsp3) is 0.389.